The van der Waals surface area contributed by atoms with Gasteiger partial charge in [-0.1, -0.05) is 17.3 Å². The van der Waals surface area contributed by atoms with Crippen molar-refractivity contribution >= 4 is 17.4 Å². The fraction of sp³-hybridized carbons (Fsp3) is 0.407. The summed E-state index contributed by atoms with van der Waals surface area (Å²) in [5.41, 5.74) is 3.48. The molecular formula is C27H28N8O3. The van der Waals surface area contributed by atoms with E-state index in [4.69, 9.17) is 14.6 Å². The van der Waals surface area contributed by atoms with Gasteiger partial charge >= 0.3 is 0 Å². The molecule has 0 saturated carbocycles. The number of nitrogens with zero attached hydrogens (tertiary/aromatic N) is 8. The Labute approximate surface area is 219 Å². The van der Waals surface area contributed by atoms with Gasteiger partial charge in [0.2, 0.25) is 0 Å². The molecule has 5 heterocycles. The summed E-state index contributed by atoms with van der Waals surface area (Å²) in [5.74, 6) is 1.04. The smallest absolute Gasteiger partial charge is 0.258 e. The molecule has 11 nitrogen and oxygen atoms in total. The van der Waals surface area contributed by atoms with Crippen LogP contribution in [0.2, 0.25) is 0 Å². The van der Waals surface area contributed by atoms with Crippen molar-refractivity contribution in [3.8, 4) is 17.5 Å². The number of aryl methyl sites for hydroxylation is 2. The third-order valence-electron chi connectivity index (χ3n) is 7.40. The average molecular weight is 513 g/mol. The first-order chi connectivity index (χ1) is 18.4. The van der Waals surface area contributed by atoms with Crippen LogP contribution >= 0.6 is 0 Å². The maximum absolute atomic E-state index is 13.9. The quantitative estimate of drug-likeness (QED) is 0.437. The molecule has 38 heavy (non-hydrogen) atoms. The number of piperidine rings is 1. The molecule has 3 aromatic heterocycles. The Balaban J connectivity index is 1.33. The van der Waals surface area contributed by atoms with Gasteiger partial charge in [-0.15, -0.1) is 0 Å². The zero-order valence-corrected chi connectivity index (χ0v) is 21.3. The molecule has 2 fully saturated rings. The van der Waals surface area contributed by atoms with Gasteiger partial charge in [0.05, 0.1) is 41.0 Å². The lowest BCUT2D eigenvalue weighted by molar-refractivity contribution is 0.0606. The number of aliphatic hydroxyl groups is 1. The molecule has 2 aliphatic rings. The monoisotopic (exact) mass is 512 g/mol. The number of carbonyl (C=O) groups excluding carboxylic acids is 1. The molecule has 6 rings (SSSR count). The van der Waals surface area contributed by atoms with Gasteiger partial charge in [0.25, 0.3) is 11.8 Å². The summed E-state index contributed by atoms with van der Waals surface area (Å²) in [4.78, 5) is 26.9. The highest BCUT2D eigenvalue weighted by Gasteiger charge is 2.34. The number of hydrogen-bond donors (Lipinski definition) is 1. The van der Waals surface area contributed by atoms with Crippen molar-refractivity contribution in [3.63, 3.8) is 0 Å². The van der Waals surface area contributed by atoms with Crippen LogP contribution in [0.5, 0.6) is 0 Å². The van der Waals surface area contributed by atoms with Crippen LogP contribution in [0.4, 0.5) is 5.82 Å². The third kappa shape index (κ3) is 4.16. The third-order valence-corrected chi connectivity index (χ3v) is 7.40. The van der Waals surface area contributed by atoms with Crippen LogP contribution < -0.4 is 4.90 Å². The summed E-state index contributed by atoms with van der Waals surface area (Å²) in [6.45, 7) is 5.12. The van der Waals surface area contributed by atoms with Crippen LogP contribution in [0.3, 0.4) is 0 Å². The van der Waals surface area contributed by atoms with E-state index in [0.717, 1.165) is 36.3 Å². The van der Waals surface area contributed by atoms with Crippen LogP contribution in [0.15, 0.2) is 41.1 Å². The molecule has 11 heteroatoms. The van der Waals surface area contributed by atoms with Crippen LogP contribution in [-0.2, 0) is 0 Å². The normalized spacial score (nSPS) is 21.7. The molecule has 194 valence electrons. The van der Waals surface area contributed by atoms with E-state index in [-0.39, 0.29) is 11.9 Å². The number of hydrogen-bond acceptors (Lipinski definition) is 9. The van der Waals surface area contributed by atoms with Gasteiger partial charge in [0.15, 0.2) is 11.5 Å². The van der Waals surface area contributed by atoms with E-state index in [1.54, 1.807) is 17.5 Å². The van der Waals surface area contributed by atoms with Crippen molar-refractivity contribution in [2.75, 3.05) is 24.5 Å². The second-order valence-electron chi connectivity index (χ2n) is 10.0. The Bertz CT molecular complexity index is 1550. The number of fused-ring (bicyclic) bond motifs is 1. The lowest BCUT2D eigenvalue weighted by Gasteiger charge is -2.35. The molecular weight excluding hydrogens is 484 g/mol. The molecule has 4 aromatic rings. The highest BCUT2D eigenvalue weighted by Crippen LogP contribution is 2.34. The van der Waals surface area contributed by atoms with Gasteiger partial charge in [0, 0.05) is 37.5 Å². The molecule has 2 aliphatic heterocycles. The number of carbonyl (C=O) groups is 1. The molecule has 2 saturated heterocycles. The van der Waals surface area contributed by atoms with Gasteiger partial charge in [-0.05, 0) is 45.2 Å². The minimum absolute atomic E-state index is 0.100. The van der Waals surface area contributed by atoms with Gasteiger partial charge in [-0.2, -0.15) is 15.3 Å². The van der Waals surface area contributed by atoms with E-state index in [2.05, 4.69) is 16.2 Å². The van der Waals surface area contributed by atoms with Gasteiger partial charge in [-0.3, -0.25) is 4.79 Å². The highest BCUT2D eigenvalue weighted by atomic mass is 16.5. The van der Waals surface area contributed by atoms with Gasteiger partial charge in [0.1, 0.15) is 5.82 Å². The van der Waals surface area contributed by atoms with E-state index >= 15 is 0 Å². The molecule has 0 bridgehead atoms. The number of rotatable bonds is 4. The number of amides is 1. The van der Waals surface area contributed by atoms with E-state index in [1.165, 1.54) is 0 Å². The minimum atomic E-state index is -0.696. The number of aliphatic hydroxyl groups excluding tert-OH is 1. The number of likely N-dealkylation sites (tertiary alicyclic amines) is 1. The molecule has 3 unspecified atom stereocenters. The predicted molar refractivity (Wildman–Crippen MR) is 137 cm³/mol. The Morgan fingerprint density at radius 2 is 2.03 bits per heavy atom. The number of anilines is 1. The lowest BCUT2D eigenvalue weighted by Crippen LogP contribution is -2.39. The Hall–Kier alpha value is -4.30. The Morgan fingerprint density at radius 3 is 2.79 bits per heavy atom. The van der Waals surface area contributed by atoms with E-state index in [9.17, 15) is 15.2 Å². The second-order valence-corrected chi connectivity index (χ2v) is 10.0. The molecule has 1 aromatic carbocycles. The molecule has 3 atom stereocenters. The summed E-state index contributed by atoms with van der Waals surface area (Å²) in [7, 11) is 0. The molecule has 0 radical (unpaired) electrons. The molecule has 0 aliphatic carbocycles. The predicted octanol–water partition coefficient (Wildman–Crippen LogP) is 3.08. The average Bonchev–Trinajstić information content (AvgIpc) is 3.65. The molecule has 1 amide bonds. The fourth-order valence-corrected chi connectivity index (χ4v) is 5.49. The molecule has 0 spiro atoms. The first-order valence-corrected chi connectivity index (χ1v) is 12.8. The van der Waals surface area contributed by atoms with Crippen molar-refractivity contribution in [1.82, 2.24) is 29.6 Å². The lowest BCUT2D eigenvalue weighted by atomic mass is 9.97. The first-order valence-electron chi connectivity index (χ1n) is 12.8. The van der Waals surface area contributed by atoms with Crippen molar-refractivity contribution in [2.24, 2.45) is 5.92 Å². The number of aromatic nitrogens is 5. The first kappa shape index (κ1) is 24.1. The maximum atomic E-state index is 13.9. The number of β-amino-alcohol motifs (C(OH)–C–C–N with tert-alkyl or cyclic N) is 1. The molecule has 1 N–H and O–H groups in total. The summed E-state index contributed by atoms with van der Waals surface area (Å²) in [6, 6.07) is 11.2. The summed E-state index contributed by atoms with van der Waals surface area (Å²) < 4.78 is 7.12. The van der Waals surface area contributed by atoms with Crippen LogP contribution in [0.1, 0.15) is 52.7 Å². The number of benzene rings is 1. The minimum Gasteiger partial charge on any atom is -0.390 e. The van der Waals surface area contributed by atoms with Crippen LogP contribution in [-0.4, -0.2) is 66.4 Å². The van der Waals surface area contributed by atoms with Crippen molar-refractivity contribution in [3.05, 3.63) is 59.2 Å². The zero-order chi connectivity index (χ0) is 26.4. The highest BCUT2D eigenvalue weighted by molar-refractivity contribution is 6.00. The topological polar surface area (TPSA) is 137 Å². The Kier molecular flexibility index (Phi) is 6.04. The Morgan fingerprint density at radius 1 is 1.18 bits per heavy atom. The van der Waals surface area contributed by atoms with Crippen molar-refractivity contribution < 1.29 is 14.4 Å². The summed E-state index contributed by atoms with van der Waals surface area (Å²) in [6.07, 6.45) is 3.92. The maximum Gasteiger partial charge on any atom is 0.258 e. The van der Waals surface area contributed by atoms with Crippen molar-refractivity contribution in [1.29, 1.82) is 5.26 Å². The van der Waals surface area contributed by atoms with Gasteiger partial charge < -0.3 is 19.4 Å². The standard InChI is InChI=1S/C27H28N8O3/c1-16-13-35-24(30-25(16)33-14-18(12-28)23(36)15-33)11-21(31-35)22-9-5-6-10-34(22)27(37)20-8-4-3-7-19(20)26-29-17(2)32-38-26/h3-4,7-8,11,13,18,22-23,36H,5-6,9-10,14-15H2,1-2H3. The van der Waals surface area contributed by atoms with E-state index in [1.807, 2.05) is 47.2 Å². The van der Waals surface area contributed by atoms with E-state index in [0.29, 0.717) is 48.1 Å². The summed E-state index contributed by atoms with van der Waals surface area (Å²) in [5, 5.41) is 28.2. The van der Waals surface area contributed by atoms with Gasteiger partial charge in [-0.25, -0.2) is 9.50 Å². The zero-order valence-electron chi connectivity index (χ0n) is 21.3. The van der Waals surface area contributed by atoms with Crippen LogP contribution in [0, 0.1) is 31.1 Å². The fourth-order valence-electron chi connectivity index (χ4n) is 5.49. The van der Waals surface area contributed by atoms with Crippen molar-refractivity contribution in [2.45, 2.75) is 45.3 Å². The number of nitriles is 1. The SMILES string of the molecule is Cc1noc(-c2ccccc2C(=O)N2CCCCC2c2cc3nc(N4CC(O)C(C#N)C4)c(C)cn3n2)n1. The second kappa shape index (κ2) is 9.54. The summed E-state index contributed by atoms with van der Waals surface area (Å²) >= 11 is 0. The van der Waals surface area contributed by atoms with E-state index < -0.39 is 12.0 Å². The van der Waals surface area contributed by atoms with Crippen LogP contribution in [0.25, 0.3) is 17.1 Å². The largest absolute Gasteiger partial charge is 0.390 e.